The normalized spacial score (nSPS) is 12.4. The van der Waals surface area contributed by atoms with Gasteiger partial charge in [-0.3, -0.25) is 4.90 Å². The van der Waals surface area contributed by atoms with Crippen molar-refractivity contribution in [3.8, 4) is 11.8 Å². The van der Waals surface area contributed by atoms with Gasteiger partial charge in [-0.05, 0) is 39.7 Å². The first-order valence-electron chi connectivity index (χ1n) is 7.09. The summed E-state index contributed by atoms with van der Waals surface area (Å²) >= 11 is 0. The molecular weight excluding hydrogens is 250 g/mol. The average Bonchev–Trinajstić information content (AvgIpc) is 2.43. The number of nitriles is 1. The lowest BCUT2D eigenvalue weighted by Crippen LogP contribution is -2.42. The fraction of sp³-hybridized carbons (Fsp3) is 0.562. The van der Waals surface area contributed by atoms with Crippen molar-refractivity contribution in [2.75, 3.05) is 40.3 Å². The first-order chi connectivity index (χ1) is 9.58. The Balaban J connectivity index is 2.47. The largest absolute Gasteiger partial charge is 0.491 e. The lowest BCUT2D eigenvalue weighted by atomic mass is 10.2. The fourth-order valence-corrected chi connectivity index (χ4v) is 2.29. The summed E-state index contributed by atoms with van der Waals surface area (Å²) in [6.45, 7) is 7.89. The molecule has 0 amide bonds. The number of likely N-dealkylation sites (N-methyl/N-ethyl adjacent to an activating group) is 2. The van der Waals surface area contributed by atoms with E-state index in [1.807, 2.05) is 18.2 Å². The molecule has 0 aliphatic heterocycles. The van der Waals surface area contributed by atoms with Crippen LogP contribution in [0.4, 0.5) is 0 Å². The minimum absolute atomic E-state index is 0.491. The zero-order chi connectivity index (χ0) is 15.0. The van der Waals surface area contributed by atoms with Crippen LogP contribution in [-0.2, 0) is 0 Å². The summed E-state index contributed by atoms with van der Waals surface area (Å²) in [4.78, 5) is 4.58. The minimum atomic E-state index is 0.491. The standard InChI is InChI=1S/C16H25N3O/c1-5-19(14(2)13-18(3)4)10-11-20-16-9-7-6-8-15(16)12-17/h6-9,14H,5,10-11,13H2,1-4H3. The second-order valence-electron chi connectivity index (χ2n) is 5.20. The third kappa shape index (κ3) is 5.20. The molecule has 0 fully saturated rings. The van der Waals surface area contributed by atoms with E-state index in [4.69, 9.17) is 10.00 Å². The van der Waals surface area contributed by atoms with Gasteiger partial charge in [-0.1, -0.05) is 19.1 Å². The zero-order valence-corrected chi connectivity index (χ0v) is 13.0. The summed E-state index contributed by atoms with van der Waals surface area (Å²) in [7, 11) is 4.17. The van der Waals surface area contributed by atoms with E-state index < -0.39 is 0 Å². The van der Waals surface area contributed by atoms with Crippen molar-refractivity contribution >= 4 is 0 Å². The summed E-state index contributed by atoms with van der Waals surface area (Å²) in [5.41, 5.74) is 0.594. The lowest BCUT2D eigenvalue weighted by Gasteiger charge is -2.29. The molecule has 1 rings (SSSR count). The molecule has 0 spiro atoms. The van der Waals surface area contributed by atoms with E-state index >= 15 is 0 Å². The van der Waals surface area contributed by atoms with Crippen molar-refractivity contribution in [3.05, 3.63) is 29.8 Å². The number of hydrogen-bond donors (Lipinski definition) is 0. The maximum absolute atomic E-state index is 9.01. The van der Waals surface area contributed by atoms with Crippen molar-refractivity contribution in [1.29, 1.82) is 5.26 Å². The zero-order valence-electron chi connectivity index (χ0n) is 13.0. The molecule has 0 saturated carbocycles. The highest BCUT2D eigenvalue weighted by molar-refractivity contribution is 5.42. The van der Waals surface area contributed by atoms with Crippen LogP contribution in [0.2, 0.25) is 0 Å². The Kier molecular flexibility index (Phi) is 7.06. The van der Waals surface area contributed by atoms with Gasteiger partial charge in [0.25, 0.3) is 0 Å². The molecule has 0 saturated heterocycles. The molecule has 0 aliphatic rings. The fourth-order valence-electron chi connectivity index (χ4n) is 2.29. The van der Waals surface area contributed by atoms with Gasteiger partial charge in [-0.25, -0.2) is 0 Å². The number of benzene rings is 1. The maximum atomic E-state index is 9.01. The van der Waals surface area contributed by atoms with Crippen molar-refractivity contribution in [1.82, 2.24) is 9.80 Å². The van der Waals surface area contributed by atoms with Crippen LogP contribution in [0, 0.1) is 11.3 Å². The van der Waals surface area contributed by atoms with E-state index in [1.165, 1.54) is 0 Å². The molecule has 0 aromatic heterocycles. The summed E-state index contributed by atoms with van der Waals surface area (Å²) < 4.78 is 5.74. The van der Waals surface area contributed by atoms with Crippen molar-refractivity contribution in [3.63, 3.8) is 0 Å². The first-order valence-corrected chi connectivity index (χ1v) is 7.09. The van der Waals surface area contributed by atoms with Gasteiger partial charge in [0.2, 0.25) is 0 Å². The van der Waals surface area contributed by atoms with Crippen LogP contribution in [0.1, 0.15) is 19.4 Å². The molecule has 0 heterocycles. The predicted octanol–water partition coefficient (Wildman–Crippen LogP) is 2.21. The number of nitrogens with zero attached hydrogens (tertiary/aromatic N) is 3. The van der Waals surface area contributed by atoms with Crippen molar-refractivity contribution < 1.29 is 4.74 Å². The number of ether oxygens (including phenoxy) is 1. The average molecular weight is 275 g/mol. The Bertz CT molecular complexity index is 440. The monoisotopic (exact) mass is 275 g/mol. The summed E-state index contributed by atoms with van der Waals surface area (Å²) in [5.74, 6) is 0.673. The molecule has 0 N–H and O–H groups in total. The van der Waals surface area contributed by atoms with Gasteiger partial charge in [0.15, 0.2) is 0 Å². The summed E-state index contributed by atoms with van der Waals surface area (Å²) in [6.07, 6.45) is 0. The minimum Gasteiger partial charge on any atom is -0.491 e. The van der Waals surface area contributed by atoms with Gasteiger partial charge in [0.1, 0.15) is 18.4 Å². The van der Waals surface area contributed by atoms with Crippen LogP contribution in [-0.4, -0.2) is 56.2 Å². The first kappa shape index (κ1) is 16.5. The van der Waals surface area contributed by atoms with E-state index in [0.29, 0.717) is 24.0 Å². The molecule has 1 atom stereocenters. The lowest BCUT2D eigenvalue weighted by molar-refractivity contribution is 0.151. The van der Waals surface area contributed by atoms with Crippen LogP contribution in [0.3, 0.4) is 0 Å². The summed E-state index contributed by atoms with van der Waals surface area (Å²) in [6, 6.07) is 10.0. The van der Waals surface area contributed by atoms with Gasteiger partial charge >= 0.3 is 0 Å². The molecule has 110 valence electrons. The number of para-hydroxylation sites is 1. The Hall–Kier alpha value is -1.57. The molecular formula is C16H25N3O. The molecule has 0 radical (unpaired) electrons. The molecule has 1 unspecified atom stereocenters. The topological polar surface area (TPSA) is 39.5 Å². The van der Waals surface area contributed by atoms with E-state index in [0.717, 1.165) is 19.6 Å². The Morgan fingerprint density at radius 3 is 2.60 bits per heavy atom. The number of hydrogen-bond acceptors (Lipinski definition) is 4. The van der Waals surface area contributed by atoms with Crippen LogP contribution in [0.15, 0.2) is 24.3 Å². The van der Waals surface area contributed by atoms with Gasteiger partial charge < -0.3 is 9.64 Å². The second-order valence-corrected chi connectivity index (χ2v) is 5.20. The Morgan fingerprint density at radius 2 is 2.00 bits per heavy atom. The van der Waals surface area contributed by atoms with E-state index in [-0.39, 0.29) is 0 Å². The van der Waals surface area contributed by atoms with E-state index in [1.54, 1.807) is 6.07 Å². The number of rotatable bonds is 8. The predicted molar refractivity (Wildman–Crippen MR) is 81.9 cm³/mol. The molecule has 20 heavy (non-hydrogen) atoms. The highest BCUT2D eigenvalue weighted by atomic mass is 16.5. The third-order valence-corrected chi connectivity index (χ3v) is 3.30. The van der Waals surface area contributed by atoms with Gasteiger partial charge in [0.05, 0.1) is 5.56 Å². The smallest absolute Gasteiger partial charge is 0.137 e. The SMILES string of the molecule is CCN(CCOc1ccccc1C#N)C(C)CN(C)C. The molecule has 1 aromatic rings. The summed E-state index contributed by atoms with van der Waals surface area (Å²) in [5, 5.41) is 9.01. The second kappa shape index (κ2) is 8.57. The molecule has 4 nitrogen and oxygen atoms in total. The van der Waals surface area contributed by atoms with E-state index in [9.17, 15) is 0 Å². The highest BCUT2D eigenvalue weighted by Gasteiger charge is 2.13. The molecule has 1 aromatic carbocycles. The van der Waals surface area contributed by atoms with Crippen LogP contribution in [0.25, 0.3) is 0 Å². The molecule has 0 bridgehead atoms. The van der Waals surface area contributed by atoms with Gasteiger partial charge in [0, 0.05) is 19.1 Å². The van der Waals surface area contributed by atoms with Gasteiger partial charge in [-0.15, -0.1) is 0 Å². The Labute approximate surface area is 122 Å². The van der Waals surface area contributed by atoms with E-state index in [2.05, 4.69) is 43.8 Å². The van der Waals surface area contributed by atoms with Crippen LogP contribution in [0.5, 0.6) is 5.75 Å². The van der Waals surface area contributed by atoms with Gasteiger partial charge in [-0.2, -0.15) is 5.26 Å². The van der Waals surface area contributed by atoms with Crippen LogP contribution >= 0.6 is 0 Å². The van der Waals surface area contributed by atoms with Crippen molar-refractivity contribution in [2.24, 2.45) is 0 Å². The van der Waals surface area contributed by atoms with Crippen LogP contribution < -0.4 is 4.74 Å². The quantitative estimate of drug-likeness (QED) is 0.729. The maximum Gasteiger partial charge on any atom is 0.137 e. The third-order valence-electron chi connectivity index (χ3n) is 3.30. The highest BCUT2D eigenvalue weighted by Crippen LogP contribution is 2.16. The Morgan fingerprint density at radius 1 is 1.30 bits per heavy atom. The molecule has 0 aliphatic carbocycles. The van der Waals surface area contributed by atoms with Crippen molar-refractivity contribution in [2.45, 2.75) is 19.9 Å². The molecule has 4 heteroatoms.